The van der Waals surface area contributed by atoms with Crippen molar-refractivity contribution in [1.29, 1.82) is 0 Å². The molecular formula is C24H25NO3S. The number of ether oxygens (including phenoxy) is 1. The molecule has 1 aliphatic rings. The van der Waals surface area contributed by atoms with Gasteiger partial charge >= 0.3 is 0 Å². The van der Waals surface area contributed by atoms with Gasteiger partial charge in [-0.15, -0.1) is 0 Å². The number of rotatable bonds is 7. The Morgan fingerprint density at radius 3 is 2.31 bits per heavy atom. The molecule has 0 aliphatic carbocycles. The average Bonchev–Trinajstić information content (AvgIpc) is 3.18. The summed E-state index contributed by atoms with van der Waals surface area (Å²) in [5.41, 5.74) is 2.58. The summed E-state index contributed by atoms with van der Waals surface area (Å²) < 4.78 is 31.4. The lowest BCUT2D eigenvalue weighted by Gasteiger charge is -2.27. The summed E-state index contributed by atoms with van der Waals surface area (Å²) in [4.78, 5) is 2.66. The first-order chi connectivity index (χ1) is 14.0. The molecule has 3 aromatic rings. The fourth-order valence-electron chi connectivity index (χ4n) is 3.76. The van der Waals surface area contributed by atoms with Crippen LogP contribution in [0.1, 0.15) is 18.9 Å². The second kappa shape index (κ2) is 8.29. The fraction of sp³-hybridized carbons (Fsp3) is 0.250. The van der Waals surface area contributed by atoms with E-state index < -0.39 is 9.84 Å². The van der Waals surface area contributed by atoms with E-state index in [1.807, 2.05) is 36.4 Å². The molecule has 0 amide bonds. The van der Waals surface area contributed by atoms with Gasteiger partial charge < -0.3 is 9.64 Å². The van der Waals surface area contributed by atoms with Gasteiger partial charge in [-0.05, 0) is 67.8 Å². The maximum absolute atomic E-state index is 12.8. The molecule has 0 saturated heterocycles. The van der Waals surface area contributed by atoms with Gasteiger partial charge in [-0.1, -0.05) is 36.4 Å². The predicted molar refractivity (Wildman–Crippen MR) is 117 cm³/mol. The number of sulfone groups is 1. The number of hydrogen-bond donors (Lipinski definition) is 0. The molecule has 1 atom stereocenters. The van der Waals surface area contributed by atoms with Crippen molar-refractivity contribution in [3.63, 3.8) is 0 Å². The van der Waals surface area contributed by atoms with Crippen LogP contribution in [0.5, 0.6) is 11.5 Å². The van der Waals surface area contributed by atoms with Crippen LogP contribution in [-0.4, -0.2) is 26.8 Å². The Kier molecular flexibility index (Phi) is 5.58. The van der Waals surface area contributed by atoms with E-state index in [0.717, 1.165) is 18.7 Å². The van der Waals surface area contributed by atoms with Crippen LogP contribution in [-0.2, 0) is 16.3 Å². The molecular weight excluding hydrogens is 382 g/mol. The first kappa shape index (κ1) is 19.5. The summed E-state index contributed by atoms with van der Waals surface area (Å²) in [5.74, 6) is 1.48. The highest BCUT2D eigenvalue weighted by Gasteiger charge is 2.24. The minimum Gasteiger partial charge on any atom is -0.457 e. The van der Waals surface area contributed by atoms with Crippen LogP contribution in [0.3, 0.4) is 0 Å². The maximum atomic E-state index is 12.8. The highest BCUT2D eigenvalue weighted by atomic mass is 32.2. The summed E-state index contributed by atoms with van der Waals surface area (Å²) in [6.07, 6.45) is 1.62. The Bertz CT molecular complexity index is 1060. The van der Waals surface area contributed by atoms with E-state index in [-0.39, 0.29) is 11.8 Å². The van der Waals surface area contributed by atoms with Crippen molar-refractivity contribution in [2.24, 2.45) is 0 Å². The summed E-state index contributed by atoms with van der Waals surface area (Å²) in [6, 6.07) is 24.7. The SMILES string of the molecule is CC(CCS(=O)(=O)c1ccc(Oc2ccccc2)cc1)N1CCc2ccccc21. The fourth-order valence-corrected chi connectivity index (χ4v) is 5.20. The normalized spacial score (nSPS) is 14.4. The second-order valence-electron chi connectivity index (χ2n) is 7.42. The Labute approximate surface area is 172 Å². The van der Waals surface area contributed by atoms with E-state index in [2.05, 4.69) is 30.0 Å². The van der Waals surface area contributed by atoms with Gasteiger partial charge in [0.25, 0.3) is 0 Å². The zero-order valence-corrected chi connectivity index (χ0v) is 17.3. The summed E-state index contributed by atoms with van der Waals surface area (Å²) in [7, 11) is -3.33. The number of para-hydroxylation sites is 2. The lowest BCUT2D eigenvalue weighted by Crippen LogP contribution is -2.32. The van der Waals surface area contributed by atoms with Crippen LogP contribution in [0, 0.1) is 0 Å². The third-order valence-corrected chi connectivity index (χ3v) is 7.18. The van der Waals surface area contributed by atoms with Crippen molar-refractivity contribution in [3.8, 4) is 11.5 Å². The lowest BCUT2D eigenvalue weighted by atomic mass is 10.1. The second-order valence-corrected chi connectivity index (χ2v) is 9.52. The average molecular weight is 408 g/mol. The third-order valence-electron chi connectivity index (χ3n) is 5.42. The molecule has 0 radical (unpaired) electrons. The van der Waals surface area contributed by atoms with E-state index in [1.165, 1.54) is 11.3 Å². The molecule has 1 aliphatic heterocycles. The van der Waals surface area contributed by atoms with E-state index in [4.69, 9.17) is 4.74 Å². The van der Waals surface area contributed by atoms with Crippen LogP contribution in [0.2, 0.25) is 0 Å². The van der Waals surface area contributed by atoms with E-state index in [0.29, 0.717) is 17.1 Å². The van der Waals surface area contributed by atoms with Gasteiger partial charge in [0.05, 0.1) is 10.6 Å². The van der Waals surface area contributed by atoms with Crippen molar-refractivity contribution in [2.75, 3.05) is 17.2 Å². The largest absolute Gasteiger partial charge is 0.457 e. The topological polar surface area (TPSA) is 46.6 Å². The smallest absolute Gasteiger partial charge is 0.178 e. The van der Waals surface area contributed by atoms with E-state index in [1.54, 1.807) is 24.3 Å². The van der Waals surface area contributed by atoms with Crippen LogP contribution < -0.4 is 9.64 Å². The van der Waals surface area contributed by atoms with Crippen LogP contribution in [0.25, 0.3) is 0 Å². The van der Waals surface area contributed by atoms with Crippen LogP contribution >= 0.6 is 0 Å². The van der Waals surface area contributed by atoms with Crippen molar-refractivity contribution in [2.45, 2.75) is 30.7 Å². The summed E-state index contributed by atoms with van der Waals surface area (Å²) >= 11 is 0. The van der Waals surface area contributed by atoms with Gasteiger partial charge in [0.15, 0.2) is 9.84 Å². The number of hydrogen-bond acceptors (Lipinski definition) is 4. The van der Waals surface area contributed by atoms with Gasteiger partial charge in [-0.3, -0.25) is 0 Å². The summed E-state index contributed by atoms with van der Waals surface area (Å²) in [6.45, 7) is 3.06. The van der Waals surface area contributed by atoms with Crippen molar-refractivity contribution < 1.29 is 13.2 Å². The molecule has 1 heterocycles. The molecule has 0 spiro atoms. The summed E-state index contributed by atoms with van der Waals surface area (Å²) in [5, 5.41) is 0. The molecule has 3 aromatic carbocycles. The van der Waals surface area contributed by atoms with Gasteiger partial charge in [-0.25, -0.2) is 8.42 Å². The molecule has 29 heavy (non-hydrogen) atoms. The van der Waals surface area contributed by atoms with Crippen LogP contribution in [0.4, 0.5) is 5.69 Å². The zero-order valence-electron chi connectivity index (χ0n) is 16.5. The molecule has 5 heteroatoms. The molecule has 0 fully saturated rings. The quantitative estimate of drug-likeness (QED) is 0.547. The van der Waals surface area contributed by atoms with Crippen molar-refractivity contribution in [1.82, 2.24) is 0 Å². The third kappa shape index (κ3) is 4.46. The van der Waals surface area contributed by atoms with Crippen molar-refractivity contribution in [3.05, 3.63) is 84.4 Å². The highest BCUT2D eigenvalue weighted by molar-refractivity contribution is 7.91. The molecule has 0 saturated carbocycles. The maximum Gasteiger partial charge on any atom is 0.178 e. The molecule has 150 valence electrons. The van der Waals surface area contributed by atoms with Gasteiger partial charge in [0, 0.05) is 18.3 Å². The van der Waals surface area contributed by atoms with Crippen molar-refractivity contribution >= 4 is 15.5 Å². The van der Waals surface area contributed by atoms with Crippen LogP contribution in [0.15, 0.2) is 83.8 Å². The first-order valence-corrected chi connectivity index (χ1v) is 11.6. The lowest BCUT2D eigenvalue weighted by molar-refractivity contribution is 0.482. The molecule has 1 unspecified atom stereocenters. The van der Waals surface area contributed by atoms with E-state index in [9.17, 15) is 8.42 Å². The first-order valence-electron chi connectivity index (χ1n) is 9.93. The minimum absolute atomic E-state index is 0.131. The predicted octanol–water partition coefficient (Wildman–Crippen LogP) is 5.09. The molecule has 0 bridgehead atoms. The minimum atomic E-state index is -3.33. The molecule has 4 rings (SSSR count). The number of anilines is 1. The Morgan fingerprint density at radius 1 is 0.897 bits per heavy atom. The molecule has 0 aromatic heterocycles. The Balaban J connectivity index is 1.39. The van der Waals surface area contributed by atoms with Gasteiger partial charge in [-0.2, -0.15) is 0 Å². The zero-order chi connectivity index (χ0) is 20.3. The number of fused-ring (bicyclic) bond motifs is 1. The van der Waals surface area contributed by atoms with E-state index >= 15 is 0 Å². The highest BCUT2D eigenvalue weighted by Crippen LogP contribution is 2.30. The Morgan fingerprint density at radius 2 is 1.55 bits per heavy atom. The van der Waals surface area contributed by atoms with Gasteiger partial charge in [0.2, 0.25) is 0 Å². The standard InChI is InChI=1S/C24H25NO3S/c1-19(25-17-15-20-7-5-6-10-24(20)25)16-18-29(26,27)23-13-11-22(12-14-23)28-21-8-3-2-4-9-21/h2-14,19H,15-18H2,1H3. The number of benzene rings is 3. The number of nitrogens with zero attached hydrogens (tertiary/aromatic N) is 1. The Hall–Kier alpha value is -2.79. The van der Waals surface area contributed by atoms with Gasteiger partial charge in [0.1, 0.15) is 11.5 Å². The molecule has 4 nitrogen and oxygen atoms in total. The molecule has 0 N–H and O–H groups in total. The monoisotopic (exact) mass is 407 g/mol.